The van der Waals surface area contributed by atoms with E-state index < -0.39 is 28.9 Å². The van der Waals surface area contributed by atoms with Crippen LogP contribution in [-0.4, -0.2) is 69.8 Å². The minimum atomic E-state index is -4.40. The zero-order valence-corrected chi connectivity index (χ0v) is 24.7. The third-order valence-corrected chi connectivity index (χ3v) is 10.9. The third-order valence-electron chi connectivity index (χ3n) is 10.9. The summed E-state index contributed by atoms with van der Waals surface area (Å²) in [6.45, 7) is 1.59. The van der Waals surface area contributed by atoms with Crippen molar-refractivity contribution in [1.29, 1.82) is 0 Å². The molecular weight excluding hydrogens is 569 g/mol. The van der Waals surface area contributed by atoms with Crippen LogP contribution in [0.2, 0.25) is 0 Å². The van der Waals surface area contributed by atoms with E-state index in [0.717, 1.165) is 42.8 Å². The number of carbonyl (C=O) groups is 1. The first-order chi connectivity index (χ1) is 21.0. The van der Waals surface area contributed by atoms with Crippen molar-refractivity contribution < 1.29 is 32.9 Å². The maximum absolute atomic E-state index is 13.5. The number of aryl methyl sites for hydroxylation is 1. The molecule has 2 bridgehead atoms. The summed E-state index contributed by atoms with van der Waals surface area (Å²) in [5.74, 6) is 0.350. The lowest BCUT2D eigenvalue weighted by Gasteiger charge is -2.64. The molecule has 2 fully saturated rings. The number of carbonyl (C=O) groups excluding carboxylic acids is 1. The van der Waals surface area contributed by atoms with E-state index in [9.17, 15) is 28.2 Å². The van der Waals surface area contributed by atoms with Crippen LogP contribution < -0.4 is 4.74 Å². The second-order valence-corrected chi connectivity index (χ2v) is 12.9. The van der Waals surface area contributed by atoms with Gasteiger partial charge in [0.1, 0.15) is 6.10 Å². The molecule has 6 nitrogen and oxygen atoms in total. The number of hydrogen-bond donors (Lipinski definition) is 2. The first-order valence-corrected chi connectivity index (χ1v) is 15.5. The number of piperidine rings is 1. The highest BCUT2D eigenvalue weighted by atomic mass is 19.4. The number of likely N-dealkylation sites (tertiary alicyclic amines) is 1. The number of halogens is 3. The molecule has 2 aliphatic carbocycles. The maximum Gasteiger partial charge on any atom is 0.416 e. The van der Waals surface area contributed by atoms with Gasteiger partial charge in [-0.25, -0.2) is 0 Å². The Kier molecular flexibility index (Phi) is 6.97. The van der Waals surface area contributed by atoms with E-state index in [1.165, 1.54) is 17.7 Å². The van der Waals surface area contributed by atoms with Gasteiger partial charge in [-0.2, -0.15) is 13.2 Å². The summed E-state index contributed by atoms with van der Waals surface area (Å²) in [6.07, 6.45) is -1.24. The molecule has 232 valence electrons. The number of phenolic OH excluding ortho intramolecular Hbond substituents is 1. The number of likely N-dealkylation sites (N-methyl/N-ethyl adjacent to an activating group) is 1. The molecule has 1 saturated carbocycles. The highest BCUT2D eigenvalue weighted by molar-refractivity contribution is 5.77. The minimum Gasteiger partial charge on any atom is -0.504 e. The van der Waals surface area contributed by atoms with Gasteiger partial charge in [0.25, 0.3) is 0 Å². The lowest BCUT2D eigenvalue weighted by atomic mass is 9.48. The minimum absolute atomic E-state index is 0.0508. The fourth-order valence-electron chi connectivity index (χ4n) is 8.66. The summed E-state index contributed by atoms with van der Waals surface area (Å²) in [7, 11) is 1.75. The lowest BCUT2D eigenvalue weighted by molar-refractivity contribution is -0.200. The number of aliphatic hydroxyl groups is 1. The van der Waals surface area contributed by atoms with Crippen molar-refractivity contribution in [3.63, 3.8) is 0 Å². The molecule has 4 aliphatic rings. The van der Waals surface area contributed by atoms with Gasteiger partial charge in [-0.3, -0.25) is 9.69 Å². The summed E-state index contributed by atoms with van der Waals surface area (Å²) < 4.78 is 45.5. The number of phenols is 1. The van der Waals surface area contributed by atoms with Crippen molar-refractivity contribution in [2.24, 2.45) is 0 Å². The summed E-state index contributed by atoms with van der Waals surface area (Å²) in [5, 5.41) is 23.7. The zero-order valence-electron chi connectivity index (χ0n) is 24.7. The maximum atomic E-state index is 13.5. The Bertz CT molecular complexity index is 1560. The Morgan fingerprint density at radius 3 is 2.48 bits per heavy atom. The van der Waals surface area contributed by atoms with E-state index in [2.05, 4.69) is 17.0 Å². The van der Waals surface area contributed by atoms with Gasteiger partial charge in [0.05, 0.1) is 22.6 Å². The van der Waals surface area contributed by atoms with Gasteiger partial charge in [0.15, 0.2) is 11.5 Å². The number of alkyl halides is 3. The summed E-state index contributed by atoms with van der Waals surface area (Å²) in [5.41, 5.74) is 1.35. The van der Waals surface area contributed by atoms with Crippen LogP contribution in [0.1, 0.15) is 53.5 Å². The van der Waals surface area contributed by atoms with E-state index in [4.69, 9.17) is 4.74 Å². The van der Waals surface area contributed by atoms with E-state index in [-0.39, 0.29) is 30.2 Å². The van der Waals surface area contributed by atoms with Crippen LogP contribution in [0.3, 0.4) is 0 Å². The average molecular weight is 607 g/mol. The Balaban J connectivity index is 1.14. The number of hydrogen-bond acceptors (Lipinski definition) is 5. The molecule has 3 aromatic rings. The molecule has 5 atom stereocenters. The second kappa shape index (κ2) is 10.5. The van der Waals surface area contributed by atoms with E-state index >= 15 is 0 Å². The highest BCUT2D eigenvalue weighted by Crippen LogP contribution is 2.65. The standard InChI is InChI=1S/C35H37F3N2O4/c1-39(29(42)14-9-23-7-11-25(12-8-23)35(36,37)38)26-15-17-34(43)28-21-24-10-13-27(41)31-30(24)33(34,32(26)44-31)18-20-40(28)19-16-22-5-3-2-4-6-22/h2-8,10-13,26,28,32,41,43H,9,14-21H2,1H3/t26?,28-,32?,33+,34-/m1/s1. The van der Waals surface area contributed by atoms with E-state index in [1.54, 1.807) is 18.0 Å². The summed E-state index contributed by atoms with van der Waals surface area (Å²) >= 11 is 0. The smallest absolute Gasteiger partial charge is 0.416 e. The van der Waals surface area contributed by atoms with Crippen molar-refractivity contribution >= 4 is 5.91 Å². The van der Waals surface area contributed by atoms with Crippen LogP contribution in [0.4, 0.5) is 13.2 Å². The van der Waals surface area contributed by atoms with Gasteiger partial charge in [-0.05, 0) is 80.0 Å². The third kappa shape index (κ3) is 4.42. The number of aromatic hydroxyl groups is 1. The predicted octanol–water partition coefficient (Wildman–Crippen LogP) is 5.27. The van der Waals surface area contributed by atoms with Crippen molar-refractivity contribution in [3.8, 4) is 11.5 Å². The Morgan fingerprint density at radius 2 is 1.75 bits per heavy atom. The second-order valence-electron chi connectivity index (χ2n) is 12.9. The van der Waals surface area contributed by atoms with Crippen LogP contribution in [0.15, 0.2) is 66.7 Å². The first kappa shape index (κ1) is 29.2. The monoisotopic (exact) mass is 606 g/mol. The number of rotatable bonds is 7. The highest BCUT2D eigenvalue weighted by Gasteiger charge is 2.73. The molecule has 1 amide bonds. The molecule has 3 aromatic carbocycles. The zero-order chi connectivity index (χ0) is 30.9. The van der Waals surface area contributed by atoms with E-state index in [0.29, 0.717) is 43.4 Å². The summed E-state index contributed by atoms with van der Waals surface area (Å²) in [4.78, 5) is 17.7. The average Bonchev–Trinajstić information content (AvgIpc) is 3.36. The Morgan fingerprint density at radius 1 is 1.02 bits per heavy atom. The van der Waals surface area contributed by atoms with Crippen LogP contribution in [0.5, 0.6) is 11.5 Å². The lowest BCUT2D eigenvalue weighted by Crippen LogP contribution is -2.78. The molecule has 2 heterocycles. The van der Waals surface area contributed by atoms with Gasteiger partial charge in [-0.15, -0.1) is 0 Å². The molecule has 2 N–H and O–H groups in total. The van der Waals surface area contributed by atoms with E-state index in [1.807, 2.05) is 24.3 Å². The molecule has 9 heteroatoms. The fourth-order valence-corrected chi connectivity index (χ4v) is 8.66. The molecule has 0 aromatic heterocycles. The van der Waals surface area contributed by atoms with Gasteiger partial charge < -0.3 is 19.8 Å². The molecule has 7 rings (SSSR count). The molecule has 1 saturated heterocycles. The Labute approximate surface area is 255 Å². The number of benzene rings is 3. The van der Waals surface area contributed by atoms with Crippen LogP contribution in [-0.2, 0) is 35.6 Å². The van der Waals surface area contributed by atoms with Gasteiger partial charge in [0.2, 0.25) is 5.91 Å². The number of nitrogens with zero attached hydrogens (tertiary/aromatic N) is 2. The molecular formula is C35H37F3N2O4. The van der Waals surface area contributed by atoms with Crippen molar-refractivity contribution in [3.05, 3.63) is 94.5 Å². The van der Waals surface area contributed by atoms with Crippen LogP contribution in [0, 0.1) is 0 Å². The number of ether oxygens (including phenoxy) is 1. The Hall–Kier alpha value is -3.56. The molecule has 2 unspecified atom stereocenters. The SMILES string of the molecule is CN(C(=O)CCc1ccc(C(F)(F)F)cc1)C1CC[C@@]2(O)[C@H]3Cc4ccc(O)c5c4[C@@]2(CCN3CCc2ccccc2)C1O5. The fraction of sp³-hybridized carbons (Fsp3) is 0.457. The van der Waals surface area contributed by atoms with Crippen molar-refractivity contribution in [2.45, 2.75) is 80.3 Å². The van der Waals surface area contributed by atoms with Crippen molar-refractivity contribution in [2.75, 3.05) is 20.1 Å². The van der Waals surface area contributed by atoms with Gasteiger partial charge in [0, 0.05) is 31.6 Å². The quantitative estimate of drug-likeness (QED) is 0.384. The molecule has 1 spiro atoms. The predicted molar refractivity (Wildman–Crippen MR) is 159 cm³/mol. The summed E-state index contributed by atoms with van der Waals surface area (Å²) in [6, 6.07) is 18.5. The van der Waals surface area contributed by atoms with Gasteiger partial charge >= 0.3 is 6.18 Å². The van der Waals surface area contributed by atoms with Crippen LogP contribution >= 0.6 is 0 Å². The first-order valence-electron chi connectivity index (χ1n) is 15.5. The largest absolute Gasteiger partial charge is 0.504 e. The molecule has 44 heavy (non-hydrogen) atoms. The molecule has 0 radical (unpaired) electrons. The van der Waals surface area contributed by atoms with Crippen LogP contribution in [0.25, 0.3) is 0 Å². The van der Waals surface area contributed by atoms with Gasteiger partial charge in [-0.1, -0.05) is 48.5 Å². The van der Waals surface area contributed by atoms with Crippen molar-refractivity contribution in [1.82, 2.24) is 9.80 Å². The number of amides is 1. The topological polar surface area (TPSA) is 73.2 Å². The normalized spacial score (nSPS) is 28.7. The molecule has 2 aliphatic heterocycles.